The van der Waals surface area contributed by atoms with Crippen molar-refractivity contribution in [3.63, 3.8) is 0 Å². The summed E-state index contributed by atoms with van der Waals surface area (Å²) in [6, 6.07) is 22.2. The summed E-state index contributed by atoms with van der Waals surface area (Å²) >= 11 is 12.1. The molecule has 0 aliphatic carbocycles. The van der Waals surface area contributed by atoms with Crippen molar-refractivity contribution >= 4 is 40.9 Å². The first-order valence-corrected chi connectivity index (χ1v) is 13.4. The Kier molecular flexibility index (Phi) is 9.74. The third kappa shape index (κ3) is 8.67. The number of benzene rings is 3. The van der Waals surface area contributed by atoms with Crippen LogP contribution in [-0.2, 0) is 17.9 Å². The molecule has 0 saturated heterocycles. The molecule has 3 aromatic carbocycles. The zero-order valence-electron chi connectivity index (χ0n) is 21.7. The lowest BCUT2D eigenvalue weighted by Gasteiger charge is -2.21. The van der Waals surface area contributed by atoms with E-state index in [4.69, 9.17) is 23.2 Å². The smallest absolute Gasteiger partial charge is 0.242 e. The van der Waals surface area contributed by atoms with Crippen LogP contribution in [0.2, 0.25) is 10.0 Å². The van der Waals surface area contributed by atoms with Crippen molar-refractivity contribution in [2.45, 2.75) is 39.4 Å². The van der Waals surface area contributed by atoms with Gasteiger partial charge in [-0.2, -0.15) is 4.98 Å². The van der Waals surface area contributed by atoms with Gasteiger partial charge in [0.05, 0.1) is 5.69 Å². The van der Waals surface area contributed by atoms with Gasteiger partial charge in [-0.1, -0.05) is 61.3 Å². The minimum Gasteiger partial charge on any atom is -0.358 e. The number of nitrogens with one attached hydrogen (secondary N) is 3. The van der Waals surface area contributed by atoms with Gasteiger partial charge in [0, 0.05) is 34.8 Å². The molecule has 1 atom stereocenters. The summed E-state index contributed by atoms with van der Waals surface area (Å²) in [7, 11) is 0. The number of hydrogen-bond donors (Lipinski definition) is 3. The average Bonchev–Trinajstić information content (AvgIpc) is 2.91. The number of carbonyl (C=O) groups is 1. The SMILES string of the molecule is CC(C)C[C@@H](Nc1cc(-c2ccc(F)cc2)nc(NCc2cccc(Cl)c2)n1)C(=O)NCc1ccc(Cl)cc1. The molecule has 202 valence electrons. The third-order valence-corrected chi connectivity index (χ3v) is 6.42. The van der Waals surface area contributed by atoms with Crippen LogP contribution in [0.1, 0.15) is 31.4 Å². The van der Waals surface area contributed by atoms with Gasteiger partial charge < -0.3 is 16.0 Å². The second kappa shape index (κ2) is 13.4. The second-order valence-corrected chi connectivity index (χ2v) is 10.5. The molecule has 0 unspecified atom stereocenters. The largest absolute Gasteiger partial charge is 0.358 e. The molecule has 39 heavy (non-hydrogen) atoms. The summed E-state index contributed by atoms with van der Waals surface area (Å²) < 4.78 is 13.6. The summed E-state index contributed by atoms with van der Waals surface area (Å²) in [5.41, 5.74) is 3.22. The van der Waals surface area contributed by atoms with Crippen LogP contribution in [0.15, 0.2) is 78.9 Å². The fourth-order valence-electron chi connectivity index (χ4n) is 3.99. The van der Waals surface area contributed by atoms with E-state index < -0.39 is 6.04 Å². The van der Waals surface area contributed by atoms with E-state index in [9.17, 15) is 9.18 Å². The minimum absolute atomic E-state index is 0.144. The number of hydrogen-bond acceptors (Lipinski definition) is 5. The fourth-order valence-corrected chi connectivity index (χ4v) is 4.33. The Morgan fingerprint density at radius 2 is 1.62 bits per heavy atom. The van der Waals surface area contributed by atoms with Gasteiger partial charge in [0.2, 0.25) is 11.9 Å². The molecule has 1 aromatic heterocycles. The van der Waals surface area contributed by atoms with Gasteiger partial charge in [-0.05, 0) is 72.0 Å². The molecule has 0 bridgehead atoms. The first kappa shape index (κ1) is 28.3. The highest BCUT2D eigenvalue weighted by Gasteiger charge is 2.21. The Hall–Kier alpha value is -3.68. The van der Waals surface area contributed by atoms with Crippen LogP contribution in [0, 0.1) is 11.7 Å². The van der Waals surface area contributed by atoms with Gasteiger partial charge in [0.15, 0.2) is 0 Å². The molecule has 3 N–H and O–H groups in total. The number of aromatic nitrogens is 2. The summed E-state index contributed by atoms with van der Waals surface area (Å²) in [6.07, 6.45) is 0.591. The predicted molar refractivity (Wildman–Crippen MR) is 156 cm³/mol. The van der Waals surface area contributed by atoms with Crippen molar-refractivity contribution in [1.29, 1.82) is 0 Å². The summed E-state index contributed by atoms with van der Waals surface area (Å²) in [5, 5.41) is 10.8. The highest BCUT2D eigenvalue weighted by molar-refractivity contribution is 6.30. The van der Waals surface area contributed by atoms with Crippen LogP contribution in [0.4, 0.5) is 16.2 Å². The maximum absolute atomic E-state index is 13.6. The quantitative estimate of drug-likeness (QED) is 0.177. The molecule has 1 amide bonds. The van der Waals surface area contributed by atoms with Crippen molar-refractivity contribution in [2.24, 2.45) is 5.92 Å². The van der Waals surface area contributed by atoms with Crippen LogP contribution in [0.5, 0.6) is 0 Å². The summed E-state index contributed by atoms with van der Waals surface area (Å²) in [5.74, 6) is 0.617. The maximum Gasteiger partial charge on any atom is 0.242 e. The Morgan fingerprint density at radius 3 is 2.31 bits per heavy atom. The molecule has 6 nitrogen and oxygen atoms in total. The van der Waals surface area contributed by atoms with Crippen molar-refractivity contribution in [3.8, 4) is 11.3 Å². The number of nitrogens with zero attached hydrogens (tertiary/aromatic N) is 2. The first-order valence-electron chi connectivity index (χ1n) is 12.7. The number of amides is 1. The molecule has 0 fully saturated rings. The Labute approximate surface area is 238 Å². The predicted octanol–water partition coefficient (Wildman–Crippen LogP) is 7.34. The van der Waals surface area contributed by atoms with Gasteiger partial charge >= 0.3 is 0 Å². The van der Waals surface area contributed by atoms with Gasteiger partial charge in [-0.3, -0.25) is 4.79 Å². The topological polar surface area (TPSA) is 78.9 Å². The normalized spacial score (nSPS) is 11.7. The Balaban J connectivity index is 1.57. The van der Waals surface area contributed by atoms with Crippen LogP contribution in [0.3, 0.4) is 0 Å². The summed E-state index contributed by atoms with van der Waals surface area (Å²) in [6.45, 7) is 4.94. The van der Waals surface area contributed by atoms with Crippen molar-refractivity contribution in [2.75, 3.05) is 10.6 Å². The van der Waals surface area contributed by atoms with E-state index in [1.54, 1.807) is 30.3 Å². The van der Waals surface area contributed by atoms with Crippen molar-refractivity contribution in [3.05, 3.63) is 106 Å². The molecular formula is C30H30Cl2FN5O. The molecule has 0 aliphatic heterocycles. The van der Waals surface area contributed by atoms with Gasteiger partial charge in [-0.25, -0.2) is 9.37 Å². The van der Waals surface area contributed by atoms with E-state index in [1.807, 2.05) is 36.4 Å². The lowest BCUT2D eigenvalue weighted by atomic mass is 10.0. The van der Waals surface area contributed by atoms with E-state index >= 15 is 0 Å². The van der Waals surface area contributed by atoms with Gasteiger partial charge in [0.25, 0.3) is 0 Å². The van der Waals surface area contributed by atoms with Crippen LogP contribution < -0.4 is 16.0 Å². The Morgan fingerprint density at radius 1 is 0.872 bits per heavy atom. The Bertz CT molecular complexity index is 1400. The van der Waals surface area contributed by atoms with E-state index in [0.717, 1.165) is 16.7 Å². The van der Waals surface area contributed by atoms with E-state index in [2.05, 4.69) is 39.8 Å². The molecule has 0 aliphatic rings. The molecule has 1 heterocycles. The highest BCUT2D eigenvalue weighted by Crippen LogP contribution is 2.24. The van der Waals surface area contributed by atoms with Crippen molar-refractivity contribution in [1.82, 2.24) is 15.3 Å². The number of halogens is 3. The van der Waals surface area contributed by atoms with E-state index in [0.29, 0.717) is 47.0 Å². The zero-order valence-corrected chi connectivity index (χ0v) is 23.2. The van der Waals surface area contributed by atoms with E-state index in [-0.39, 0.29) is 17.6 Å². The minimum atomic E-state index is -0.533. The van der Waals surface area contributed by atoms with Gasteiger partial charge in [-0.15, -0.1) is 0 Å². The van der Waals surface area contributed by atoms with Crippen LogP contribution >= 0.6 is 23.2 Å². The standard InChI is InChI=1S/C30H30Cl2FN5O/c1-19(2)14-27(29(39)34-17-20-6-10-23(31)11-7-20)36-28-16-26(22-8-12-25(33)13-9-22)37-30(38-28)35-18-21-4-3-5-24(32)15-21/h3-13,15-16,19,27H,14,17-18H2,1-2H3,(H,34,39)(H2,35,36,37,38)/t27-/m1/s1. The lowest BCUT2D eigenvalue weighted by Crippen LogP contribution is -2.40. The van der Waals surface area contributed by atoms with Crippen molar-refractivity contribution < 1.29 is 9.18 Å². The molecule has 4 rings (SSSR count). The lowest BCUT2D eigenvalue weighted by molar-refractivity contribution is -0.122. The number of anilines is 2. The molecular weight excluding hydrogens is 536 g/mol. The molecule has 0 radical (unpaired) electrons. The zero-order chi connectivity index (χ0) is 27.8. The van der Waals surface area contributed by atoms with Crippen LogP contribution in [-0.4, -0.2) is 21.9 Å². The molecule has 0 spiro atoms. The maximum atomic E-state index is 13.6. The third-order valence-electron chi connectivity index (χ3n) is 5.93. The summed E-state index contributed by atoms with van der Waals surface area (Å²) in [4.78, 5) is 22.5. The monoisotopic (exact) mass is 565 g/mol. The van der Waals surface area contributed by atoms with Gasteiger partial charge in [0.1, 0.15) is 17.7 Å². The second-order valence-electron chi connectivity index (χ2n) is 9.62. The molecule has 9 heteroatoms. The first-order chi connectivity index (χ1) is 18.7. The van der Waals surface area contributed by atoms with E-state index in [1.165, 1.54) is 12.1 Å². The number of carbonyl (C=O) groups excluding carboxylic acids is 1. The molecule has 0 saturated carbocycles. The fraction of sp³-hybridized carbons (Fsp3) is 0.233. The van der Waals surface area contributed by atoms with Crippen LogP contribution in [0.25, 0.3) is 11.3 Å². The number of rotatable bonds is 11. The average molecular weight is 567 g/mol. The highest BCUT2D eigenvalue weighted by atomic mass is 35.5. The molecule has 4 aromatic rings.